The van der Waals surface area contributed by atoms with E-state index in [-0.39, 0.29) is 19.5 Å². The molecule has 0 saturated heterocycles. The molecule has 1 aliphatic rings. The number of rotatable bonds is 0. The molecule has 0 unspecified atom stereocenters. The van der Waals surface area contributed by atoms with Crippen molar-refractivity contribution in [2.24, 2.45) is 0 Å². The SMILES string of the molecule is C1=CCCC=CCC1.C=C([CH2-])C.C=C([CH2-])C.[Ru+2]. The molecule has 0 heterocycles. The van der Waals surface area contributed by atoms with Gasteiger partial charge in [0.05, 0.1) is 0 Å². The zero-order chi connectivity index (χ0) is 12.8. The summed E-state index contributed by atoms with van der Waals surface area (Å²) in [6.45, 7) is 17.5. The predicted molar refractivity (Wildman–Crippen MR) is 77.1 cm³/mol. The first kappa shape index (κ1) is 21.6. The van der Waals surface area contributed by atoms with Crippen molar-refractivity contribution in [3.05, 3.63) is 62.5 Å². The first-order valence-corrected chi connectivity index (χ1v) is 5.71. The monoisotopic (exact) mass is 320 g/mol. The molecule has 0 fully saturated rings. The predicted octanol–water partition coefficient (Wildman–Crippen LogP) is 5.46. The van der Waals surface area contributed by atoms with Crippen LogP contribution >= 0.6 is 0 Å². The summed E-state index contributed by atoms with van der Waals surface area (Å²) >= 11 is 0. The van der Waals surface area contributed by atoms with Gasteiger partial charge in [-0.2, -0.15) is 0 Å². The summed E-state index contributed by atoms with van der Waals surface area (Å²) in [4.78, 5) is 0. The Kier molecular flexibility index (Phi) is 22.5. The molecular formula is C16H26Ru. The van der Waals surface area contributed by atoms with E-state index in [2.05, 4.69) is 51.3 Å². The van der Waals surface area contributed by atoms with Gasteiger partial charge < -0.3 is 0 Å². The third kappa shape index (κ3) is 50.7. The molecular weight excluding hydrogens is 293 g/mol. The summed E-state index contributed by atoms with van der Waals surface area (Å²) in [7, 11) is 0. The Morgan fingerprint density at radius 2 is 0.882 bits per heavy atom. The van der Waals surface area contributed by atoms with E-state index in [9.17, 15) is 0 Å². The molecule has 0 aromatic rings. The van der Waals surface area contributed by atoms with Crippen molar-refractivity contribution < 1.29 is 19.5 Å². The Balaban J connectivity index is -0.000000189. The van der Waals surface area contributed by atoms with Gasteiger partial charge in [-0.1, -0.05) is 38.2 Å². The maximum atomic E-state index is 3.44. The van der Waals surface area contributed by atoms with Crippen molar-refractivity contribution in [2.75, 3.05) is 0 Å². The van der Waals surface area contributed by atoms with Gasteiger partial charge in [0.15, 0.2) is 0 Å². The molecule has 0 amide bonds. The molecule has 0 atom stereocenters. The van der Waals surface area contributed by atoms with Crippen molar-refractivity contribution in [2.45, 2.75) is 39.5 Å². The van der Waals surface area contributed by atoms with Crippen LogP contribution < -0.4 is 0 Å². The largest absolute Gasteiger partial charge is 2.00 e. The van der Waals surface area contributed by atoms with Gasteiger partial charge in [-0.05, 0) is 25.7 Å². The smallest absolute Gasteiger partial charge is 0.242 e. The fourth-order valence-electron chi connectivity index (χ4n) is 0.856. The first-order chi connectivity index (χ1) is 7.46. The van der Waals surface area contributed by atoms with Crippen LogP contribution in [0.2, 0.25) is 0 Å². The summed E-state index contributed by atoms with van der Waals surface area (Å²) in [5.41, 5.74) is 1.83. The topological polar surface area (TPSA) is 0 Å². The van der Waals surface area contributed by atoms with Crippen molar-refractivity contribution in [1.82, 2.24) is 0 Å². The average molecular weight is 319 g/mol. The van der Waals surface area contributed by atoms with Crippen LogP contribution in [0.15, 0.2) is 48.6 Å². The van der Waals surface area contributed by atoms with Crippen LogP contribution in [0.5, 0.6) is 0 Å². The molecule has 0 aliphatic heterocycles. The molecule has 98 valence electrons. The summed E-state index contributed by atoms with van der Waals surface area (Å²) in [5.74, 6) is 0. The van der Waals surface area contributed by atoms with Crippen molar-refractivity contribution in [3.63, 3.8) is 0 Å². The first-order valence-electron chi connectivity index (χ1n) is 5.71. The molecule has 0 radical (unpaired) electrons. The van der Waals surface area contributed by atoms with E-state index in [4.69, 9.17) is 0 Å². The van der Waals surface area contributed by atoms with Gasteiger partial charge in [-0.25, -0.2) is 38.2 Å². The van der Waals surface area contributed by atoms with E-state index in [0.29, 0.717) is 0 Å². The Labute approximate surface area is 121 Å². The quantitative estimate of drug-likeness (QED) is 0.316. The van der Waals surface area contributed by atoms with E-state index in [1.165, 1.54) is 25.7 Å². The summed E-state index contributed by atoms with van der Waals surface area (Å²) < 4.78 is 0. The van der Waals surface area contributed by atoms with E-state index in [0.717, 1.165) is 11.1 Å². The maximum absolute atomic E-state index is 3.44. The zero-order valence-corrected chi connectivity index (χ0v) is 13.1. The minimum atomic E-state index is 0. The molecule has 0 bridgehead atoms. The third-order valence-electron chi connectivity index (χ3n) is 1.33. The van der Waals surface area contributed by atoms with Gasteiger partial charge in [0, 0.05) is 0 Å². The standard InChI is InChI=1S/C8H12.2C4H7.Ru/c1-2-4-6-8-7-5-3-1;2*1-4(2)3;/h1-2,7-8H,3-6H2;2*1-2H2,3H3;/q;2*-1;+2. The van der Waals surface area contributed by atoms with E-state index in [1.54, 1.807) is 0 Å². The minimum absolute atomic E-state index is 0. The second-order valence-corrected chi connectivity index (χ2v) is 4.01. The number of allylic oxidation sites excluding steroid dienone is 6. The van der Waals surface area contributed by atoms with Crippen LogP contribution in [0.1, 0.15) is 39.5 Å². The van der Waals surface area contributed by atoms with E-state index < -0.39 is 0 Å². The second kappa shape index (κ2) is 17.7. The van der Waals surface area contributed by atoms with Gasteiger partial charge in [-0.15, -0.1) is 0 Å². The number of hydrogen-bond acceptors (Lipinski definition) is 0. The Hall–Kier alpha value is -0.677. The van der Waals surface area contributed by atoms with Gasteiger partial charge in [-0.3, -0.25) is 0 Å². The fourth-order valence-corrected chi connectivity index (χ4v) is 0.856. The van der Waals surface area contributed by atoms with Gasteiger partial charge in [0.1, 0.15) is 0 Å². The molecule has 0 nitrogen and oxygen atoms in total. The molecule has 0 spiro atoms. The Morgan fingerprint density at radius 3 is 1.00 bits per heavy atom. The zero-order valence-electron chi connectivity index (χ0n) is 11.3. The van der Waals surface area contributed by atoms with Crippen LogP contribution in [0.3, 0.4) is 0 Å². The van der Waals surface area contributed by atoms with E-state index >= 15 is 0 Å². The maximum Gasteiger partial charge on any atom is 2.00 e. The van der Waals surface area contributed by atoms with Gasteiger partial charge >= 0.3 is 19.5 Å². The second-order valence-electron chi connectivity index (χ2n) is 4.01. The van der Waals surface area contributed by atoms with Crippen LogP contribution in [0, 0.1) is 13.8 Å². The average Bonchev–Trinajstić information content (AvgIpc) is 1.98. The van der Waals surface area contributed by atoms with Crippen LogP contribution in [0.4, 0.5) is 0 Å². The van der Waals surface area contributed by atoms with Gasteiger partial charge in [0.25, 0.3) is 0 Å². The Bertz CT molecular complexity index is 188. The van der Waals surface area contributed by atoms with Crippen molar-refractivity contribution in [3.8, 4) is 0 Å². The van der Waals surface area contributed by atoms with E-state index in [1.807, 2.05) is 13.8 Å². The molecule has 0 N–H and O–H groups in total. The molecule has 17 heavy (non-hydrogen) atoms. The van der Waals surface area contributed by atoms with Crippen LogP contribution in [-0.4, -0.2) is 0 Å². The summed E-state index contributed by atoms with van der Waals surface area (Å²) in [5, 5.41) is 0. The van der Waals surface area contributed by atoms with Crippen molar-refractivity contribution >= 4 is 0 Å². The molecule has 1 aliphatic carbocycles. The van der Waals surface area contributed by atoms with Crippen molar-refractivity contribution in [1.29, 1.82) is 0 Å². The Morgan fingerprint density at radius 1 is 0.765 bits per heavy atom. The molecule has 0 saturated carbocycles. The van der Waals surface area contributed by atoms with Crippen LogP contribution in [0.25, 0.3) is 0 Å². The molecule has 1 heteroatoms. The fraction of sp³-hybridized carbons (Fsp3) is 0.375. The number of hydrogen-bond donors (Lipinski definition) is 0. The van der Waals surface area contributed by atoms with Gasteiger partial charge in [0.2, 0.25) is 0 Å². The minimum Gasteiger partial charge on any atom is -0.242 e. The normalized spacial score (nSPS) is 12.4. The van der Waals surface area contributed by atoms with Crippen LogP contribution in [-0.2, 0) is 19.5 Å². The summed E-state index contributed by atoms with van der Waals surface area (Å²) in [6, 6.07) is 0. The third-order valence-corrected chi connectivity index (χ3v) is 1.33. The molecule has 0 aromatic carbocycles. The molecule has 1 rings (SSSR count). The molecule has 0 aromatic heterocycles. The summed E-state index contributed by atoms with van der Waals surface area (Å²) in [6.07, 6.45) is 14.0.